The van der Waals surface area contributed by atoms with Crippen LogP contribution in [0.4, 0.5) is 0 Å². The number of carbonyl (C=O) groups is 3. The largest absolute Gasteiger partial charge is 0.481 e. The molecule has 2 aromatic rings. The van der Waals surface area contributed by atoms with Crippen molar-refractivity contribution in [2.75, 3.05) is 6.61 Å². The number of carboxylic acids is 2. The van der Waals surface area contributed by atoms with E-state index in [1.54, 1.807) is 26.0 Å². The van der Waals surface area contributed by atoms with Gasteiger partial charge in [-0.15, -0.1) is 0 Å². The first-order chi connectivity index (χ1) is 15.3. The average Bonchev–Trinajstić information content (AvgIpc) is 2.76. The van der Waals surface area contributed by atoms with Crippen LogP contribution in [-0.2, 0) is 14.3 Å². The SMILES string of the molecule is CC1=NC(C)=C(C(=O)OCC=Cc2ccccc2)C(c2cccc(C(=O)O)c2)C1C(=O)O. The molecule has 2 atom stereocenters. The molecule has 7 nitrogen and oxygen atoms in total. The molecule has 1 aliphatic rings. The molecular weight excluding hydrogens is 410 g/mol. The van der Waals surface area contributed by atoms with Crippen LogP contribution >= 0.6 is 0 Å². The minimum absolute atomic E-state index is 0.00275. The Kier molecular flexibility index (Phi) is 7.00. The van der Waals surface area contributed by atoms with E-state index >= 15 is 0 Å². The van der Waals surface area contributed by atoms with Gasteiger partial charge in [0, 0.05) is 17.3 Å². The van der Waals surface area contributed by atoms with Crippen LogP contribution < -0.4 is 0 Å². The van der Waals surface area contributed by atoms with Crippen molar-refractivity contribution in [3.8, 4) is 0 Å². The number of carboxylic acid groups (broad SMARTS) is 2. The molecule has 3 rings (SSSR count). The number of allylic oxidation sites excluding steroid dienone is 1. The van der Waals surface area contributed by atoms with E-state index in [9.17, 15) is 24.6 Å². The maximum atomic E-state index is 13.0. The summed E-state index contributed by atoms with van der Waals surface area (Å²) >= 11 is 0. The Hall–Kier alpha value is -4.00. The van der Waals surface area contributed by atoms with Crippen molar-refractivity contribution in [3.63, 3.8) is 0 Å². The Morgan fingerprint density at radius 1 is 1.03 bits per heavy atom. The van der Waals surface area contributed by atoms with Crippen molar-refractivity contribution in [1.82, 2.24) is 0 Å². The molecule has 2 unspecified atom stereocenters. The molecule has 0 saturated heterocycles. The highest BCUT2D eigenvalue weighted by molar-refractivity contribution is 6.06. The number of hydrogen-bond donors (Lipinski definition) is 2. The normalized spacial score (nSPS) is 18.4. The second kappa shape index (κ2) is 9.87. The zero-order valence-corrected chi connectivity index (χ0v) is 17.7. The molecule has 2 N–H and O–H groups in total. The van der Waals surface area contributed by atoms with Gasteiger partial charge in [0.25, 0.3) is 0 Å². The fourth-order valence-corrected chi connectivity index (χ4v) is 3.80. The third-order valence-electron chi connectivity index (χ3n) is 5.23. The standard InChI is InChI=1S/C25H23NO6/c1-15-20(24(29)30)22(18-11-6-12-19(14-18)23(27)28)21(16(2)26-15)25(31)32-13-7-10-17-8-4-3-5-9-17/h3-12,14,20,22H,13H2,1-2H3,(H,27,28)(H,29,30). The van der Waals surface area contributed by atoms with Gasteiger partial charge in [0.2, 0.25) is 0 Å². The lowest BCUT2D eigenvalue weighted by Crippen LogP contribution is -2.35. The molecule has 0 bridgehead atoms. The number of aliphatic carboxylic acids is 1. The molecule has 0 saturated carbocycles. The van der Waals surface area contributed by atoms with Gasteiger partial charge in [0.1, 0.15) is 12.5 Å². The molecule has 7 heteroatoms. The zero-order valence-electron chi connectivity index (χ0n) is 17.7. The molecule has 0 fully saturated rings. The summed E-state index contributed by atoms with van der Waals surface area (Å²) in [5.74, 6) is -5.02. The number of aromatic carboxylic acids is 1. The number of nitrogens with zero attached hydrogens (tertiary/aromatic N) is 1. The van der Waals surface area contributed by atoms with Crippen molar-refractivity contribution in [2.45, 2.75) is 19.8 Å². The highest BCUT2D eigenvalue weighted by Gasteiger charge is 2.41. The molecule has 2 aromatic carbocycles. The number of benzene rings is 2. The Balaban J connectivity index is 1.92. The predicted molar refractivity (Wildman–Crippen MR) is 120 cm³/mol. The number of carbonyl (C=O) groups excluding carboxylic acids is 1. The molecule has 1 aliphatic heterocycles. The van der Waals surface area contributed by atoms with E-state index in [0.29, 0.717) is 17.0 Å². The predicted octanol–water partition coefficient (Wildman–Crippen LogP) is 4.17. The first kappa shape index (κ1) is 22.7. The van der Waals surface area contributed by atoms with Crippen LogP contribution in [0.15, 0.2) is 76.9 Å². The van der Waals surface area contributed by atoms with Gasteiger partial charge in [0.15, 0.2) is 0 Å². The van der Waals surface area contributed by atoms with Gasteiger partial charge in [0.05, 0.1) is 11.1 Å². The van der Waals surface area contributed by atoms with Gasteiger partial charge in [-0.05, 0) is 43.2 Å². The molecule has 0 aromatic heterocycles. The van der Waals surface area contributed by atoms with E-state index < -0.39 is 29.7 Å². The van der Waals surface area contributed by atoms with Crippen molar-refractivity contribution in [3.05, 3.63) is 88.6 Å². The van der Waals surface area contributed by atoms with Gasteiger partial charge in [-0.2, -0.15) is 0 Å². The fraction of sp³-hybridized carbons (Fsp3) is 0.200. The summed E-state index contributed by atoms with van der Waals surface area (Å²) in [6.07, 6.45) is 3.50. The van der Waals surface area contributed by atoms with Crippen molar-refractivity contribution in [2.24, 2.45) is 10.9 Å². The molecule has 0 amide bonds. The van der Waals surface area contributed by atoms with Gasteiger partial charge in [-0.25, -0.2) is 9.59 Å². The molecule has 32 heavy (non-hydrogen) atoms. The Bertz CT molecular complexity index is 1130. The van der Waals surface area contributed by atoms with Crippen LogP contribution in [0.5, 0.6) is 0 Å². The number of ether oxygens (including phenoxy) is 1. The quantitative estimate of drug-likeness (QED) is 0.634. The number of aliphatic imine (C=N–C) groups is 1. The maximum absolute atomic E-state index is 13.0. The Morgan fingerprint density at radius 3 is 2.41 bits per heavy atom. The van der Waals surface area contributed by atoms with E-state index in [4.69, 9.17) is 4.74 Å². The number of esters is 1. The van der Waals surface area contributed by atoms with Crippen LogP contribution in [0.25, 0.3) is 6.08 Å². The van der Waals surface area contributed by atoms with E-state index in [-0.39, 0.29) is 17.7 Å². The summed E-state index contributed by atoms with van der Waals surface area (Å²) < 4.78 is 5.40. The fourth-order valence-electron chi connectivity index (χ4n) is 3.80. The second-order valence-corrected chi connectivity index (χ2v) is 7.39. The third-order valence-corrected chi connectivity index (χ3v) is 5.23. The lowest BCUT2D eigenvalue weighted by molar-refractivity contribution is -0.140. The summed E-state index contributed by atoms with van der Waals surface area (Å²) in [4.78, 5) is 40.8. The second-order valence-electron chi connectivity index (χ2n) is 7.39. The Labute approximate surface area is 185 Å². The summed E-state index contributed by atoms with van der Waals surface area (Å²) in [5, 5.41) is 19.2. The summed E-state index contributed by atoms with van der Waals surface area (Å²) in [7, 11) is 0. The third kappa shape index (κ3) is 5.00. The lowest BCUT2D eigenvalue weighted by atomic mass is 9.75. The van der Waals surface area contributed by atoms with E-state index in [0.717, 1.165) is 5.56 Å². The number of rotatable bonds is 7. The summed E-state index contributed by atoms with van der Waals surface area (Å²) in [5.41, 5.74) is 2.15. The molecule has 0 spiro atoms. The van der Waals surface area contributed by atoms with Crippen LogP contribution in [-0.4, -0.2) is 40.4 Å². The van der Waals surface area contributed by atoms with Gasteiger partial charge < -0.3 is 14.9 Å². The van der Waals surface area contributed by atoms with Crippen LogP contribution in [0, 0.1) is 5.92 Å². The number of hydrogen-bond acceptors (Lipinski definition) is 5. The first-order valence-corrected chi connectivity index (χ1v) is 10.00. The van der Waals surface area contributed by atoms with Crippen molar-refractivity contribution in [1.29, 1.82) is 0 Å². The van der Waals surface area contributed by atoms with Gasteiger partial charge >= 0.3 is 17.9 Å². The van der Waals surface area contributed by atoms with Crippen LogP contribution in [0.2, 0.25) is 0 Å². The van der Waals surface area contributed by atoms with Crippen LogP contribution in [0.1, 0.15) is 41.3 Å². The minimum atomic E-state index is -1.15. The Morgan fingerprint density at radius 2 is 1.75 bits per heavy atom. The summed E-state index contributed by atoms with van der Waals surface area (Å²) in [6.45, 7) is 3.19. The lowest BCUT2D eigenvalue weighted by Gasteiger charge is -2.30. The molecule has 1 heterocycles. The maximum Gasteiger partial charge on any atom is 0.336 e. The molecule has 164 valence electrons. The monoisotopic (exact) mass is 433 g/mol. The molecule has 0 aliphatic carbocycles. The topological polar surface area (TPSA) is 113 Å². The van der Waals surface area contributed by atoms with Crippen molar-refractivity contribution >= 4 is 29.7 Å². The zero-order chi connectivity index (χ0) is 23.3. The van der Waals surface area contributed by atoms with Gasteiger partial charge in [-0.3, -0.25) is 9.79 Å². The van der Waals surface area contributed by atoms with Crippen LogP contribution in [0.3, 0.4) is 0 Å². The first-order valence-electron chi connectivity index (χ1n) is 10.00. The highest BCUT2D eigenvalue weighted by atomic mass is 16.5. The van der Waals surface area contributed by atoms with E-state index in [1.807, 2.05) is 36.4 Å². The molecular formula is C25H23NO6. The average molecular weight is 433 g/mol. The minimum Gasteiger partial charge on any atom is -0.481 e. The van der Waals surface area contributed by atoms with E-state index in [2.05, 4.69) is 4.99 Å². The molecule has 0 radical (unpaired) electrons. The smallest absolute Gasteiger partial charge is 0.336 e. The van der Waals surface area contributed by atoms with Gasteiger partial charge in [-0.1, -0.05) is 48.5 Å². The van der Waals surface area contributed by atoms with Crippen molar-refractivity contribution < 1.29 is 29.3 Å². The van der Waals surface area contributed by atoms with E-state index in [1.165, 1.54) is 18.2 Å². The highest BCUT2D eigenvalue weighted by Crippen LogP contribution is 2.39. The summed E-state index contributed by atoms with van der Waals surface area (Å²) in [6, 6.07) is 15.4.